The molecule has 380 valence electrons. The molecule has 0 heterocycles. The van der Waals surface area contributed by atoms with Gasteiger partial charge in [0.2, 0.25) is 0 Å². The van der Waals surface area contributed by atoms with Crippen LogP contribution >= 0.6 is 0 Å². The van der Waals surface area contributed by atoms with Crippen LogP contribution in [0.1, 0.15) is 98.9 Å². The third-order valence-electron chi connectivity index (χ3n) is 13.3. The van der Waals surface area contributed by atoms with Crippen LogP contribution in [0.25, 0.3) is 43.1 Å². The summed E-state index contributed by atoms with van der Waals surface area (Å²) in [6.07, 6.45) is 20.9. The Kier molecular flexibility index (Phi) is 26.1. The molecular weight excluding hydrogens is 1120 g/mol. The standard InChI is InChI=1S/2C17H17.2C13H10.2C6H7.2ClH.2Zr/c2*1-3-12-5-7-16-14(9-12)11-15-10-13(4-2)6-8-17(15)16;2*1-3-7-12(8-4-1)11-13-9-5-2-6-10-13;2*1-6-4-2-3-5-6;;;;/h2*5-11H,3-4H2,1-2H3;2*1-10H;2*4-5H,2H2,1H3;2*1H;;/q2*-1;;;2*-1;;;2*+2/p-2. The normalized spacial score (nSPS) is 11.7. The summed E-state index contributed by atoms with van der Waals surface area (Å²) in [6.45, 7) is 13.0. The molecule has 0 atom stereocenters. The van der Waals surface area contributed by atoms with Crippen LogP contribution in [0, 0.1) is 12.2 Å². The first-order chi connectivity index (χ1) is 36.2. The summed E-state index contributed by atoms with van der Waals surface area (Å²) < 4.78 is 2.83. The Bertz CT molecular complexity index is 3080. The zero-order valence-corrected chi connectivity index (χ0v) is 51.4. The number of aryl methyl sites for hydroxylation is 4. The van der Waals surface area contributed by atoms with Crippen molar-refractivity contribution in [2.75, 3.05) is 0 Å². The van der Waals surface area contributed by atoms with Crippen molar-refractivity contribution in [3.05, 3.63) is 298 Å². The molecule has 4 heteroatoms. The first-order valence-electron chi connectivity index (χ1n) is 26.2. The molecule has 12 rings (SSSR count). The van der Waals surface area contributed by atoms with Gasteiger partial charge in [0.15, 0.2) is 0 Å². The third kappa shape index (κ3) is 17.8. The second-order valence-electron chi connectivity index (χ2n) is 18.6. The number of fused-ring (bicyclic) bond motifs is 6. The maximum atomic E-state index is 3.05. The van der Waals surface area contributed by atoms with E-state index in [1.165, 1.54) is 154 Å². The van der Waals surface area contributed by atoms with Gasteiger partial charge < -0.3 is 24.8 Å². The number of rotatable bonds is 8. The summed E-state index contributed by atoms with van der Waals surface area (Å²) in [5, 5.41) is 11.1. The zero-order valence-electron chi connectivity index (χ0n) is 44.9. The van der Waals surface area contributed by atoms with Crippen LogP contribution in [0.3, 0.4) is 0 Å². The summed E-state index contributed by atoms with van der Waals surface area (Å²) in [7, 11) is 0. The van der Waals surface area contributed by atoms with Gasteiger partial charge in [-0.2, -0.15) is 12.2 Å². The number of allylic oxidation sites excluding steroid dienone is 8. The number of hydrogen-bond donors (Lipinski definition) is 0. The number of hydrogen-bond acceptors (Lipinski definition) is 0. The van der Waals surface area contributed by atoms with Gasteiger partial charge in [-0.15, -0.1) is 106 Å². The number of halogens is 2. The summed E-state index contributed by atoms with van der Waals surface area (Å²) in [5.41, 5.74) is 13.7. The van der Waals surface area contributed by atoms with E-state index in [-0.39, 0.29) is 24.8 Å². The van der Waals surface area contributed by atoms with Crippen molar-refractivity contribution >= 4 is 49.5 Å². The molecule has 0 unspecified atom stereocenters. The third-order valence-corrected chi connectivity index (χ3v) is 16.1. The topological polar surface area (TPSA) is 0 Å². The van der Waals surface area contributed by atoms with Gasteiger partial charge in [-0.05, 0) is 25.7 Å². The van der Waals surface area contributed by atoms with E-state index in [1.807, 2.05) is 12.2 Å². The van der Waals surface area contributed by atoms with Crippen LogP contribution in [0.15, 0.2) is 242 Å². The summed E-state index contributed by atoms with van der Waals surface area (Å²) in [6, 6.07) is 74.2. The molecule has 0 N–H and O–H groups in total. The van der Waals surface area contributed by atoms with Crippen LogP contribution in [0.4, 0.5) is 0 Å². The van der Waals surface area contributed by atoms with Crippen molar-refractivity contribution in [2.45, 2.75) is 80.1 Å². The molecule has 0 bridgehead atoms. The van der Waals surface area contributed by atoms with E-state index in [9.17, 15) is 0 Å². The molecule has 10 aromatic carbocycles. The summed E-state index contributed by atoms with van der Waals surface area (Å²) >= 11 is 2.92. The molecule has 0 nitrogen and oxygen atoms in total. The van der Waals surface area contributed by atoms with E-state index in [2.05, 4.69) is 272 Å². The second kappa shape index (κ2) is 32.3. The first kappa shape index (κ1) is 61.4. The molecule has 76 heavy (non-hydrogen) atoms. The van der Waals surface area contributed by atoms with Crippen LogP contribution in [-0.2, 0) is 74.2 Å². The Hall–Kier alpha value is -5.45. The van der Waals surface area contributed by atoms with Gasteiger partial charge in [-0.25, -0.2) is 23.3 Å². The van der Waals surface area contributed by atoms with Crippen molar-refractivity contribution in [1.29, 1.82) is 0 Å². The Morgan fingerprint density at radius 1 is 0.368 bits per heavy atom. The fourth-order valence-electron chi connectivity index (χ4n) is 8.87. The zero-order chi connectivity index (χ0) is 52.1. The molecule has 0 radical (unpaired) electrons. The Labute approximate surface area is 496 Å². The van der Waals surface area contributed by atoms with E-state index < -0.39 is 0 Å². The van der Waals surface area contributed by atoms with Gasteiger partial charge in [0.05, 0.1) is 0 Å². The van der Waals surface area contributed by atoms with Gasteiger partial charge in [0.25, 0.3) is 0 Å². The second-order valence-corrected chi connectivity index (χ2v) is 21.1. The van der Waals surface area contributed by atoms with Gasteiger partial charge in [0.1, 0.15) is 0 Å². The van der Waals surface area contributed by atoms with Crippen LogP contribution in [0.2, 0.25) is 0 Å². The predicted octanol–water partition coefficient (Wildman–Crippen LogP) is 12.7. The Morgan fingerprint density at radius 3 is 0.776 bits per heavy atom. The van der Waals surface area contributed by atoms with Crippen LogP contribution < -0.4 is 24.8 Å². The van der Waals surface area contributed by atoms with E-state index in [0.717, 1.165) is 38.5 Å². The summed E-state index contributed by atoms with van der Waals surface area (Å²) in [5.74, 6) is 0. The van der Waals surface area contributed by atoms with Crippen LogP contribution in [-0.4, -0.2) is 6.41 Å². The molecule has 0 spiro atoms. The van der Waals surface area contributed by atoms with E-state index in [4.69, 9.17) is 0 Å². The molecular formula is C72H68Cl2Zr2-2. The van der Waals surface area contributed by atoms with Crippen molar-refractivity contribution in [2.24, 2.45) is 0 Å². The molecule has 0 aliphatic heterocycles. The molecule has 0 saturated heterocycles. The van der Waals surface area contributed by atoms with Crippen molar-refractivity contribution in [3.63, 3.8) is 0 Å². The minimum atomic E-state index is 0. The fraction of sp³-hybridized carbons (Fsp3) is 0.167. The SMILES string of the molecule is CC1=CC[C-]=C1.CC1=CC[C-]=C1.CCc1ccc2c(c1)[cH-]c1cc(CC)ccc12.CCc1ccc2c(c1)[cH-]c1cc(CC)ccc12.[Cl-].[Cl-].[Zr+2]=[C](c1ccccc1)c1ccccc1.[Zr+2]=[C](c1ccccc1)c1ccccc1. The molecule has 10 aromatic rings. The molecule has 0 saturated carbocycles. The molecule has 0 fully saturated rings. The van der Waals surface area contributed by atoms with Crippen LogP contribution in [0.5, 0.6) is 0 Å². The average Bonchev–Trinajstić information content (AvgIpc) is 4.31. The Morgan fingerprint density at radius 2 is 0.605 bits per heavy atom. The predicted molar refractivity (Wildman–Crippen MR) is 316 cm³/mol. The average molecular weight is 1190 g/mol. The molecule has 2 aliphatic rings. The molecule has 0 amide bonds. The monoisotopic (exact) mass is 1180 g/mol. The summed E-state index contributed by atoms with van der Waals surface area (Å²) in [4.78, 5) is 0. The van der Waals surface area contributed by atoms with Crippen molar-refractivity contribution in [3.8, 4) is 0 Å². The van der Waals surface area contributed by atoms with Gasteiger partial charge in [-0.3, -0.25) is 12.2 Å². The van der Waals surface area contributed by atoms with E-state index >= 15 is 0 Å². The van der Waals surface area contributed by atoms with E-state index in [1.54, 1.807) is 0 Å². The molecule has 0 aromatic heterocycles. The van der Waals surface area contributed by atoms with E-state index in [0.29, 0.717) is 0 Å². The van der Waals surface area contributed by atoms with Gasteiger partial charge in [0, 0.05) is 0 Å². The fourth-order valence-corrected chi connectivity index (χ4v) is 10.5. The van der Waals surface area contributed by atoms with Crippen molar-refractivity contribution < 1.29 is 73.3 Å². The molecule has 2 aliphatic carbocycles. The first-order valence-corrected chi connectivity index (χ1v) is 28.7. The van der Waals surface area contributed by atoms with Crippen molar-refractivity contribution in [1.82, 2.24) is 0 Å². The van der Waals surface area contributed by atoms with Gasteiger partial charge in [-0.1, -0.05) is 98.5 Å². The maximum absolute atomic E-state index is 3.05. The number of benzene rings is 8. The Balaban J connectivity index is 0.000000173. The minimum absolute atomic E-state index is 0. The van der Waals surface area contributed by atoms with Gasteiger partial charge >= 0.3 is 198 Å². The quantitative estimate of drug-likeness (QED) is 0.133.